The third-order valence-corrected chi connectivity index (χ3v) is 4.58. The smallest absolute Gasteiger partial charge is 0.262 e. The van der Waals surface area contributed by atoms with Crippen molar-refractivity contribution in [3.05, 3.63) is 63.6 Å². The highest BCUT2D eigenvalue weighted by atomic mass is 79.9. The number of imide groups is 1. The van der Waals surface area contributed by atoms with E-state index in [1.165, 1.54) is 0 Å². The topological polar surface area (TPSA) is 95.6 Å². The average molecular weight is 430 g/mol. The van der Waals surface area contributed by atoms with Crippen LogP contribution < -0.4 is 10.6 Å². The van der Waals surface area contributed by atoms with Gasteiger partial charge >= 0.3 is 0 Å². The Morgan fingerprint density at radius 1 is 1.00 bits per heavy atom. The quantitative estimate of drug-likeness (QED) is 0.711. The molecule has 2 aromatic rings. The second kappa shape index (κ2) is 7.71. The van der Waals surface area contributed by atoms with Gasteiger partial charge in [-0.25, -0.2) is 0 Å². The Bertz CT molecular complexity index is 923. The summed E-state index contributed by atoms with van der Waals surface area (Å²) in [5.41, 5.74) is 2.06. The van der Waals surface area contributed by atoms with Crippen molar-refractivity contribution in [2.45, 2.75) is 6.92 Å². The van der Waals surface area contributed by atoms with Crippen LogP contribution in [0.3, 0.4) is 0 Å². The summed E-state index contributed by atoms with van der Waals surface area (Å²) in [6, 6.07) is 11.8. The van der Waals surface area contributed by atoms with Crippen molar-refractivity contribution in [1.82, 2.24) is 10.2 Å². The minimum atomic E-state index is -0.591. The SMILES string of the molecule is Cc1cc(Br)ccc1NC(=O)CNC(=O)CN1C(=O)c2ccccc2C1=O. The highest BCUT2D eigenvalue weighted by molar-refractivity contribution is 9.10. The molecule has 2 N–H and O–H groups in total. The first-order chi connectivity index (χ1) is 12.9. The van der Waals surface area contributed by atoms with Crippen molar-refractivity contribution < 1.29 is 19.2 Å². The van der Waals surface area contributed by atoms with Crippen molar-refractivity contribution in [1.29, 1.82) is 0 Å². The van der Waals surface area contributed by atoms with Gasteiger partial charge in [-0.05, 0) is 42.8 Å². The van der Waals surface area contributed by atoms with Crippen molar-refractivity contribution in [2.75, 3.05) is 18.4 Å². The first-order valence-corrected chi connectivity index (χ1v) is 8.94. The minimum absolute atomic E-state index is 0.266. The van der Waals surface area contributed by atoms with E-state index in [2.05, 4.69) is 26.6 Å². The molecule has 27 heavy (non-hydrogen) atoms. The number of fused-ring (bicyclic) bond motifs is 1. The van der Waals surface area contributed by atoms with E-state index in [0.717, 1.165) is 14.9 Å². The van der Waals surface area contributed by atoms with Gasteiger partial charge in [-0.1, -0.05) is 28.1 Å². The van der Waals surface area contributed by atoms with Gasteiger partial charge in [0.25, 0.3) is 11.8 Å². The summed E-state index contributed by atoms with van der Waals surface area (Å²) in [5.74, 6) is -2.02. The van der Waals surface area contributed by atoms with Crippen LogP contribution in [-0.2, 0) is 9.59 Å². The number of benzene rings is 2. The first kappa shape index (κ1) is 18.8. The first-order valence-electron chi connectivity index (χ1n) is 8.14. The molecular formula is C19H16BrN3O4. The van der Waals surface area contributed by atoms with Crippen molar-refractivity contribution in [3.63, 3.8) is 0 Å². The zero-order chi connectivity index (χ0) is 19.6. The van der Waals surface area contributed by atoms with E-state index in [1.807, 2.05) is 13.0 Å². The molecule has 8 heteroatoms. The summed E-state index contributed by atoms with van der Waals surface area (Å²) < 4.78 is 0.896. The summed E-state index contributed by atoms with van der Waals surface area (Å²) in [6.07, 6.45) is 0. The summed E-state index contributed by atoms with van der Waals surface area (Å²) in [4.78, 5) is 49.4. The maximum absolute atomic E-state index is 12.2. The lowest BCUT2D eigenvalue weighted by molar-refractivity contribution is -0.124. The Labute approximate surface area is 163 Å². The molecule has 0 spiro atoms. The second-order valence-electron chi connectivity index (χ2n) is 6.03. The molecule has 0 aliphatic carbocycles. The van der Waals surface area contributed by atoms with E-state index >= 15 is 0 Å². The molecule has 0 radical (unpaired) electrons. The fourth-order valence-electron chi connectivity index (χ4n) is 2.72. The van der Waals surface area contributed by atoms with Crippen molar-refractivity contribution in [2.24, 2.45) is 0 Å². The molecule has 0 unspecified atom stereocenters. The van der Waals surface area contributed by atoms with Crippen molar-refractivity contribution >= 4 is 45.2 Å². The van der Waals surface area contributed by atoms with Gasteiger partial charge < -0.3 is 10.6 Å². The van der Waals surface area contributed by atoms with Crippen LogP contribution in [-0.4, -0.2) is 41.6 Å². The maximum Gasteiger partial charge on any atom is 0.262 e. The Morgan fingerprint density at radius 2 is 1.63 bits per heavy atom. The maximum atomic E-state index is 12.2. The molecule has 1 aliphatic heterocycles. The predicted octanol–water partition coefficient (Wildman–Crippen LogP) is 2.11. The highest BCUT2D eigenvalue weighted by Gasteiger charge is 2.36. The van der Waals surface area contributed by atoms with Crippen LogP contribution in [0.1, 0.15) is 26.3 Å². The van der Waals surface area contributed by atoms with Crippen LogP contribution in [0.2, 0.25) is 0 Å². The third-order valence-electron chi connectivity index (χ3n) is 4.09. The molecule has 0 atom stereocenters. The summed E-state index contributed by atoms with van der Waals surface area (Å²) >= 11 is 3.34. The van der Waals surface area contributed by atoms with Crippen LogP contribution in [0.25, 0.3) is 0 Å². The van der Waals surface area contributed by atoms with Gasteiger partial charge in [0.1, 0.15) is 6.54 Å². The highest BCUT2D eigenvalue weighted by Crippen LogP contribution is 2.22. The molecule has 3 rings (SSSR count). The van der Waals surface area contributed by atoms with E-state index in [9.17, 15) is 19.2 Å². The molecule has 1 heterocycles. The van der Waals surface area contributed by atoms with Gasteiger partial charge in [-0.2, -0.15) is 0 Å². The van der Waals surface area contributed by atoms with E-state index < -0.39 is 30.2 Å². The van der Waals surface area contributed by atoms with Crippen LogP contribution in [0.5, 0.6) is 0 Å². The number of amides is 4. The monoisotopic (exact) mass is 429 g/mol. The number of carbonyl (C=O) groups is 4. The van der Waals surface area contributed by atoms with E-state index in [0.29, 0.717) is 5.69 Å². The lowest BCUT2D eigenvalue weighted by Crippen LogP contribution is -2.42. The standard InChI is InChI=1S/C19H16BrN3O4/c1-11-8-12(20)6-7-15(11)22-16(24)9-21-17(25)10-23-18(26)13-4-2-3-5-14(13)19(23)27/h2-8H,9-10H2,1H3,(H,21,25)(H,22,24). The zero-order valence-corrected chi connectivity index (χ0v) is 16.0. The summed E-state index contributed by atoms with van der Waals surface area (Å²) in [7, 11) is 0. The van der Waals surface area contributed by atoms with Gasteiger partial charge in [0, 0.05) is 10.2 Å². The third kappa shape index (κ3) is 4.06. The molecule has 1 aliphatic rings. The van der Waals surface area contributed by atoms with Crippen LogP contribution in [0, 0.1) is 6.92 Å². The Balaban J connectivity index is 1.54. The normalized spacial score (nSPS) is 12.7. The molecule has 0 fully saturated rings. The number of hydrogen-bond donors (Lipinski definition) is 2. The fraction of sp³-hybridized carbons (Fsp3) is 0.158. The van der Waals surface area contributed by atoms with Gasteiger partial charge in [0.2, 0.25) is 11.8 Å². The van der Waals surface area contributed by atoms with Gasteiger partial charge in [-0.15, -0.1) is 0 Å². The number of nitrogens with one attached hydrogen (secondary N) is 2. The van der Waals surface area contributed by atoms with Crippen LogP contribution >= 0.6 is 15.9 Å². The molecule has 4 amide bonds. The molecule has 2 aromatic carbocycles. The molecule has 0 saturated heterocycles. The minimum Gasteiger partial charge on any atom is -0.345 e. The number of halogens is 1. The number of aryl methyl sites for hydroxylation is 1. The van der Waals surface area contributed by atoms with Crippen LogP contribution in [0.4, 0.5) is 5.69 Å². The Hall–Kier alpha value is -3.00. The molecule has 7 nitrogen and oxygen atoms in total. The molecule has 0 saturated carbocycles. The average Bonchev–Trinajstić information content (AvgIpc) is 2.88. The van der Waals surface area contributed by atoms with Gasteiger partial charge in [0.05, 0.1) is 17.7 Å². The summed E-state index contributed by atoms with van der Waals surface area (Å²) in [6.45, 7) is 1.15. The van der Waals surface area contributed by atoms with Crippen LogP contribution in [0.15, 0.2) is 46.9 Å². The van der Waals surface area contributed by atoms with E-state index in [1.54, 1.807) is 36.4 Å². The Morgan fingerprint density at radius 3 is 2.22 bits per heavy atom. The van der Waals surface area contributed by atoms with Gasteiger partial charge in [0.15, 0.2) is 0 Å². The number of nitrogens with zero attached hydrogens (tertiary/aromatic N) is 1. The molecule has 0 bridgehead atoms. The lowest BCUT2D eigenvalue weighted by atomic mass is 10.1. The Kier molecular flexibility index (Phi) is 5.36. The predicted molar refractivity (Wildman–Crippen MR) is 102 cm³/mol. The van der Waals surface area contributed by atoms with E-state index in [-0.39, 0.29) is 17.7 Å². The second-order valence-corrected chi connectivity index (χ2v) is 6.94. The number of anilines is 1. The van der Waals surface area contributed by atoms with Gasteiger partial charge in [-0.3, -0.25) is 24.1 Å². The summed E-state index contributed by atoms with van der Waals surface area (Å²) in [5, 5.41) is 5.12. The number of rotatable bonds is 5. The molecule has 138 valence electrons. The fourth-order valence-corrected chi connectivity index (χ4v) is 3.20. The lowest BCUT2D eigenvalue weighted by Gasteiger charge is -2.14. The zero-order valence-electron chi connectivity index (χ0n) is 14.4. The van der Waals surface area contributed by atoms with E-state index in [4.69, 9.17) is 0 Å². The number of hydrogen-bond acceptors (Lipinski definition) is 4. The number of carbonyl (C=O) groups excluding carboxylic acids is 4. The molecule has 0 aromatic heterocycles. The largest absolute Gasteiger partial charge is 0.345 e. The van der Waals surface area contributed by atoms with Crippen molar-refractivity contribution in [3.8, 4) is 0 Å². The molecular weight excluding hydrogens is 414 g/mol.